The van der Waals surface area contributed by atoms with Crippen LogP contribution in [-0.4, -0.2) is 16.9 Å². The molecular formula is C16H17NO3. The van der Waals surface area contributed by atoms with Gasteiger partial charge in [0.2, 0.25) is 6.21 Å². The van der Waals surface area contributed by atoms with Crippen LogP contribution in [0.25, 0.3) is 0 Å². The number of hydrogen-bond acceptors (Lipinski definition) is 3. The van der Waals surface area contributed by atoms with Crippen molar-refractivity contribution in [2.24, 2.45) is 5.41 Å². The zero-order valence-corrected chi connectivity index (χ0v) is 11.6. The number of benzene rings is 1. The number of hydrogen-bond donors (Lipinski definition) is 0. The van der Waals surface area contributed by atoms with Gasteiger partial charge in [-0.15, -0.1) is 0 Å². The quantitative estimate of drug-likeness (QED) is 0.738. The highest BCUT2D eigenvalue weighted by atomic mass is 16.9. The summed E-state index contributed by atoms with van der Waals surface area (Å²) in [4.78, 5) is 18.2. The third kappa shape index (κ3) is 2.22. The first-order valence-electron chi connectivity index (χ1n) is 6.77. The van der Waals surface area contributed by atoms with Gasteiger partial charge < -0.3 is 4.84 Å². The van der Waals surface area contributed by atoms with Crippen molar-refractivity contribution in [3.05, 3.63) is 52.4 Å². The standard InChI is InChI=1S/C16H17NO3/c1-16(2)8-13(18)15-12(11-6-4-3-5-7-11)10-17(19)20-14(15)9-16/h3-7,10,12H,8-9H2,1-2H3/t12-/m1/s1. The molecule has 104 valence electrons. The second-order valence-corrected chi connectivity index (χ2v) is 6.19. The van der Waals surface area contributed by atoms with Crippen molar-refractivity contribution in [2.45, 2.75) is 32.6 Å². The van der Waals surface area contributed by atoms with Gasteiger partial charge in [0, 0.05) is 16.9 Å². The van der Waals surface area contributed by atoms with Crippen LogP contribution in [0.15, 0.2) is 41.7 Å². The predicted molar refractivity (Wildman–Crippen MR) is 75.0 cm³/mol. The summed E-state index contributed by atoms with van der Waals surface area (Å²) >= 11 is 0. The zero-order chi connectivity index (χ0) is 14.3. The Balaban J connectivity index is 2.08. The van der Waals surface area contributed by atoms with Crippen molar-refractivity contribution in [1.29, 1.82) is 0 Å². The Hall–Kier alpha value is -2.10. The van der Waals surface area contributed by atoms with E-state index in [9.17, 15) is 10.0 Å². The molecule has 0 amide bonds. The number of nitrogens with zero attached hydrogens (tertiary/aromatic N) is 1. The molecule has 1 aromatic carbocycles. The highest BCUT2D eigenvalue weighted by Crippen LogP contribution is 2.42. The van der Waals surface area contributed by atoms with Crippen LogP contribution in [-0.2, 0) is 9.63 Å². The van der Waals surface area contributed by atoms with Crippen LogP contribution in [0.1, 0.15) is 38.2 Å². The molecule has 0 aromatic heterocycles. The number of carbonyl (C=O) groups is 1. The fourth-order valence-electron chi connectivity index (χ4n) is 2.95. The van der Waals surface area contributed by atoms with Gasteiger partial charge in [0.05, 0.1) is 11.7 Å². The normalized spacial score (nSPS) is 24.8. The largest absolute Gasteiger partial charge is 0.372 e. The fourth-order valence-corrected chi connectivity index (χ4v) is 2.95. The predicted octanol–water partition coefficient (Wildman–Crippen LogP) is 2.94. The lowest BCUT2D eigenvalue weighted by atomic mass is 9.72. The van der Waals surface area contributed by atoms with Crippen molar-refractivity contribution in [3.8, 4) is 0 Å². The molecule has 0 radical (unpaired) electrons. The topological polar surface area (TPSA) is 52.4 Å². The average molecular weight is 271 g/mol. The number of Topliss-reactive ketones (excluding diaryl/α,β-unsaturated/α-hetero) is 1. The minimum absolute atomic E-state index is 0.0782. The maximum absolute atomic E-state index is 12.5. The van der Waals surface area contributed by atoms with Crippen LogP contribution in [0.5, 0.6) is 0 Å². The molecule has 20 heavy (non-hydrogen) atoms. The number of carbonyl (C=O) groups excluding carboxylic acids is 1. The van der Waals surface area contributed by atoms with Crippen LogP contribution < -0.4 is 0 Å². The minimum atomic E-state index is -0.305. The van der Waals surface area contributed by atoms with Gasteiger partial charge in [-0.3, -0.25) is 10.0 Å². The Kier molecular flexibility index (Phi) is 2.89. The van der Waals surface area contributed by atoms with Crippen molar-refractivity contribution >= 4 is 12.0 Å². The molecule has 0 spiro atoms. The number of rotatable bonds is 1. The summed E-state index contributed by atoms with van der Waals surface area (Å²) in [6.07, 6.45) is 2.53. The van der Waals surface area contributed by atoms with Crippen LogP contribution in [0.2, 0.25) is 0 Å². The maximum atomic E-state index is 12.5. The Morgan fingerprint density at radius 2 is 1.95 bits per heavy atom. The van der Waals surface area contributed by atoms with E-state index in [0.29, 0.717) is 29.1 Å². The Morgan fingerprint density at radius 3 is 2.65 bits per heavy atom. The van der Waals surface area contributed by atoms with E-state index in [-0.39, 0.29) is 17.1 Å². The van der Waals surface area contributed by atoms with Gasteiger partial charge in [-0.25, -0.2) is 0 Å². The van der Waals surface area contributed by atoms with Crippen LogP contribution in [0.3, 0.4) is 0 Å². The van der Waals surface area contributed by atoms with Gasteiger partial charge in [-0.2, -0.15) is 0 Å². The fraction of sp³-hybridized carbons (Fsp3) is 0.375. The van der Waals surface area contributed by atoms with Gasteiger partial charge in [0.25, 0.3) is 0 Å². The zero-order valence-electron chi connectivity index (χ0n) is 11.6. The van der Waals surface area contributed by atoms with Gasteiger partial charge in [-0.05, 0) is 17.4 Å². The second-order valence-electron chi connectivity index (χ2n) is 6.19. The maximum Gasteiger partial charge on any atom is 0.222 e. The number of ketones is 1. The molecule has 3 rings (SSSR count). The Labute approximate surface area is 117 Å². The smallest absolute Gasteiger partial charge is 0.222 e. The molecule has 0 bridgehead atoms. The molecule has 0 saturated carbocycles. The van der Waals surface area contributed by atoms with E-state index in [0.717, 1.165) is 5.56 Å². The molecule has 4 heteroatoms. The molecule has 0 N–H and O–H groups in total. The highest BCUT2D eigenvalue weighted by Gasteiger charge is 2.39. The van der Waals surface area contributed by atoms with E-state index >= 15 is 0 Å². The summed E-state index contributed by atoms with van der Waals surface area (Å²) in [5.41, 5.74) is 1.43. The third-order valence-corrected chi connectivity index (χ3v) is 3.82. The van der Waals surface area contributed by atoms with Crippen LogP contribution in [0.4, 0.5) is 0 Å². The molecule has 0 unspecified atom stereocenters. The molecule has 2 aliphatic rings. The van der Waals surface area contributed by atoms with Crippen molar-refractivity contribution in [3.63, 3.8) is 0 Å². The van der Waals surface area contributed by atoms with E-state index in [4.69, 9.17) is 4.84 Å². The van der Waals surface area contributed by atoms with E-state index in [1.165, 1.54) is 6.21 Å². The van der Waals surface area contributed by atoms with E-state index in [2.05, 4.69) is 0 Å². The molecule has 0 fully saturated rings. The molecule has 1 heterocycles. The SMILES string of the molecule is CC1(C)CC(=O)C2=C(C1)O[N+]([O-])=C[C@@H]2c1ccccc1. The van der Waals surface area contributed by atoms with Gasteiger partial charge >= 0.3 is 0 Å². The lowest BCUT2D eigenvalue weighted by molar-refractivity contribution is -0.727. The average Bonchev–Trinajstić information content (AvgIpc) is 2.36. The van der Waals surface area contributed by atoms with Crippen molar-refractivity contribution in [1.82, 2.24) is 0 Å². The van der Waals surface area contributed by atoms with Crippen molar-refractivity contribution < 1.29 is 14.5 Å². The second kappa shape index (κ2) is 4.47. The van der Waals surface area contributed by atoms with Crippen LogP contribution >= 0.6 is 0 Å². The van der Waals surface area contributed by atoms with Gasteiger partial charge in [0.15, 0.2) is 5.78 Å². The third-order valence-electron chi connectivity index (χ3n) is 3.82. The van der Waals surface area contributed by atoms with Crippen LogP contribution in [0, 0.1) is 10.6 Å². The van der Waals surface area contributed by atoms with E-state index in [1.54, 1.807) is 0 Å². The van der Waals surface area contributed by atoms with E-state index in [1.807, 2.05) is 44.2 Å². The molecular weight excluding hydrogens is 254 g/mol. The summed E-state index contributed by atoms with van der Waals surface area (Å²) < 4.78 is 0. The highest BCUT2D eigenvalue weighted by molar-refractivity contribution is 6.02. The number of allylic oxidation sites excluding steroid dienone is 2. The summed E-state index contributed by atoms with van der Waals surface area (Å²) in [6.45, 7) is 4.03. The molecule has 1 aliphatic heterocycles. The lowest BCUT2D eigenvalue weighted by Gasteiger charge is -2.36. The Morgan fingerprint density at radius 1 is 1.25 bits per heavy atom. The lowest BCUT2D eigenvalue weighted by Crippen LogP contribution is -2.34. The summed E-state index contributed by atoms with van der Waals surface area (Å²) in [5, 5.41) is 11.7. The first kappa shape index (κ1) is 12.9. The van der Waals surface area contributed by atoms with Gasteiger partial charge in [0.1, 0.15) is 0 Å². The molecule has 1 aromatic rings. The van der Waals surface area contributed by atoms with Gasteiger partial charge in [-0.1, -0.05) is 44.2 Å². The first-order chi connectivity index (χ1) is 9.46. The molecule has 1 aliphatic carbocycles. The molecule has 1 atom stereocenters. The summed E-state index contributed by atoms with van der Waals surface area (Å²) in [6, 6.07) is 9.59. The first-order valence-corrected chi connectivity index (χ1v) is 6.77. The molecule has 4 nitrogen and oxygen atoms in total. The van der Waals surface area contributed by atoms with E-state index < -0.39 is 0 Å². The molecule has 0 saturated heterocycles. The minimum Gasteiger partial charge on any atom is -0.372 e. The van der Waals surface area contributed by atoms with Crippen molar-refractivity contribution in [2.75, 3.05) is 0 Å². The summed E-state index contributed by atoms with van der Waals surface area (Å²) in [5.74, 6) is 0.299. The summed E-state index contributed by atoms with van der Waals surface area (Å²) in [7, 11) is 0. The Bertz CT molecular complexity index is 614. The monoisotopic (exact) mass is 271 g/mol.